The van der Waals surface area contributed by atoms with Crippen molar-refractivity contribution >= 4 is 28.6 Å². The second-order valence-electron chi connectivity index (χ2n) is 5.29. The third kappa shape index (κ3) is 4.34. The molecule has 2 aromatic rings. The van der Waals surface area contributed by atoms with E-state index in [-0.39, 0.29) is 5.91 Å². The fourth-order valence-corrected chi connectivity index (χ4v) is 3.76. The summed E-state index contributed by atoms with van der Waals surface area (Å²) in [4.78, 5) is 21.7. The van der Waals surface area contributed by atoms with Gasteiger partial charge in [0.1, 0.15) is 9.88 Å². The van der Waals surface area contributed by atoms with Gasteiger partial charge in [0.2, 0.25) is 0 Å². The fourth-order valence-electron chi connectivity index (χ4n) is 1.94. The van der Waals surface area contributed by atoms with Crippen LogP contribution < -0.4 is 5.32 Å². The van der Waals surface area contributed by atoms with Gasteiger partial charge in [-0.1, -0.05) is 13.8 Å². The molecule has 0 radical (unpaired) electrons. The van der Waals surface area contributed by atoms with E-state index in [0.717, 1.165) is 27.8 Å². The number of rotatable bonds is 7. The van der Waals surface area contributed by atoms with Crippen molar-refractivity contribution in [2.24, 2.45) is 0 Å². The Bertz CT molecular complexity index is 635. The maximum atomic E-state index is 12.2. The highest BCUT2D eigenvalue weighted by Crippen LogP contribution is 2.20. The molecule has 2 aromatic heterocycles. The molecule has 1 amide bonds. The topological polar surface area (TPSA) is 64.1 Å². The van der Waals surface area contributed by atoms with Crippen LogP contribution in [0.4, 0.5) is 0 Å². The van der Waals surface area contributed by atoms with Crippen molar-refractivity contribution in [3.63, 3.8) is 0 Å². The normalized spacial score (nSPS) is 11.1. The van der Waals surface area contributed by atoms with E-state index in [1.165, 1.54) is 11.3 Å². The number of thiazole rings is 2. The van der Waals surface area contributed by atoms with Crippen LogP contribution in [0.15, 0.2) is 5.38 Å². The van der Waals surface area contributed by atoms with Crippen LogP contribution in [0, 0.1) is 6.92 Å². The third-order valence-electron chi connectivity index (χ3n) is 3.05. The monoisotopic (exact) mass is 339 g/mol. The zero-order chi connectivity index (χ0) is 16.1. The predicted octanol–water partition coefficient (Wildman–Crippen LogP) is 3.15. The molecule has 0 bridgehead atoms. The lowest BCUT2D eigenvalue weighted by Crippen LogP contribution is -2.25. The van der Waals surface area contributed by atoms with Crippen molar-refractivity contribution in [1.82, 2.24) is 15.3 Å². The minimum Gasteiger partial charge on any atom is -0.378 e. The minimum absolute atomic E-state index is 0.0725. The molecule has 0 fully saturated rings. The molecule has 0 unspecified atom stereocenters. The number of aromatic nitrogens is 2. The molecule has 0 saturated heterocycles. The van der Waals surface area contributed by atoms with Crippen molar-refractivity contribution < 1.29 is 9.53 Å². The van der Waals surface area contributed by atoms with Crippen molar-refractivity contribution in [2.45, 2.75) is 39.7 Å². The highest BCUT2D eigenvalue weighted by Gasteiger charge is 2.15. The van der Waals surface area contributed by atoms with Gasteiger partial charge in [-0.3, -0.25) is 4.79 Å². The van der Waals surface area contributed by atoms with Crippen molar-refractivity contribution in [3.05, 3.63) is 31.7 Å². The zero-order valence-corrected chi connectivity index (χ0v) is 14.9. The standard InChI is InChI=1S/C15H21N3O2S2/c1-9(2)15-18-11(8-21-15)5-6-16-14(19)13-10(3)17-12(22-13)7-20-4/h8-9H,5-7H2,1-4H3,(H,16,19). The first-order valence-corrected chi connectivity index (χ1v) is 8.88. The molecule has 5 nitrogen and oxygen atoms in total. The molecule has 7 heteroatoms. The van der Waals surface area contributed by atoms with Gasteiger partial charge in [-0.2, -0.15) is 0 Å². The Morgan fingerprint density at radius 2 is 2.18 bits per heavy atom. The van der Waals surface area contributed by atoms with Gasteiger partial charge in [0.25, 0.3) is 5.91 Å². The Kier molecular flexibility index (Phi) is 6.05. The molecular weight excluding hydrogens is 318 g/mol. The average molecular weight is 339 g/mol. The van der Waals surface area contributed by atoms with E-state index in [1.54, 1.807) is 18.4 Å². The molecule has 0 aliphatic heterocycles. The second-order valence-corrected chi connectivity index (χ2v) is 7.27. The number of nitrogens with zero attached hydrogens (tertiary/aromatic N) is 2. The quantitative estimate of drug-likeness (QED) is 0.841. The van der Waals surface area contributed by atoms with Gasteiger partial charge in [0, 0.05) is 31.4 Å². The van der Waals surface area contributed by atoms with E-state index < -0.39 is 0 Å². The van der Waals surface area contributed by atoms with Gasteiger partial charge in [0.05, 0.1) is 23.0 Å². The van der Waals surface area contributed by atoms with Crippen LogP contribution in [-0.4, -0.2) is 29.5 Å². The van der Waals surface area contributed by atoms with E-state index in [9.17, 15) is 4.79 Å². The second kappa shape index (κ2) is 7.80. The van der Waals surface area contributed by atoms with Gasteiger partial charge in [-0.25, -0.2) is 9.97 Å². The summed E-state index contributed by atoms with van der Waals surface area (Å²) in [7, 11) is 1.62. The maximum Gasteiger partial charge on any atom is 0.263 e. The Balaban J connectivity index is 1.87. The summed E-state index contributed by atoms with van der Waals surface area (Å²) in [6.45, 7) is 7.13. The Labute approximate surface area is 138 Å². The summed E-state index contributed by atoms with van der Waals surface area (Å²) >= 11 is 3.06. The smallest absolute Gasteiger partial charge is 0.263 e. The summed E-state index contributed by atoms with van der Waals surface area (Å²) in [5.41, 5.74) is 1.79. The molecule has 22 heavy (non-hydrogen) atoms. The molecule has 0 aliphatic carbocycles. The van der Waals surface area contributed by atoms with Crippen LogP contribution in [0.1, 0.15) is 50.8 Å². The van der Waals surface area contributed by atoms with E-state index in [4.69, 9.17) is 4.74 Å². The van der Waals surface area contributed by atoms with Crippen molar-refractivity contribution in [2.75, 3.05) is 13.7 Å². The Morgan fingerprint density at radius 3 is 2.82 bits per heavy atom. The first kappa shape index (κ1) is 17.1. The number of aryl methyl sites for hydroxylation is 1. The number of hydrogen-bond donors (Lipinski definition) is 1. The molecular formula is C15H21N3O2S2. The molecule has 0 aliphatic rings. The number of ether oxygens (including phenoxy) is 1. The van der Waals surface area contributed by atoms with Gasteiger partial charge in [-0.15, -0.1) is 22.7 Å². The lowest BCUT2D eigenvalue weighted by atomic mass is 10.2. The highest BCUT2D eigenvalue weighted by molar-refractivity contribution is 7.13. The SMILES string of the molecule is COCc1nc(C)c(C(=O)NCCc2csc(C(C)C)n2)s1. The van der Waals surface area contributed by atoms with Gasteiger partial charge in [-0.05, 0) is 6.92 Å². The fraction of sp³-hybridized carbons (Fsp3) is 0.533. The molecule has 2 rings (SSSR count). The van der Waals surface area contributed by atoms with Crippen LogP contribution in [0.2, 0.25) is 0 Å². The summed E-state index contributed by atoms with van der Waals surface area (Å²) in [5, 5.41) is 6.97. The zero-order valence-electron chi connectivity index (χ0n) is 13.3. The molecule has 0 aromatic carbocycles. The number of carbonyl (C=O) groups excluding carboxylic acids is 1. The van der Waals surface area contributed by atoms with E-state index in [1.807, 2.05) is 6.92 Å². The Morgan fingerprint density at radius 1 is 1.41 bits per heavy atom. The van der Waals surface area contributed by atoms with Crippen LogP contribution >= 0.6 is 22.7 Å². The van der Waals surface area contributed by atoms with E-state index >= 15 is 0 Å². The number of amides is 1. The molecule has 0 saturated carbocycles. The summed E-state index contributed by atoms with van der Waals surface area (Å²) in [5.74, 6) is 0.379. The van der Waals surface area contributed by atoms with Gasteiger partial charge >= 0.3 is 0 Å². The van der Waals surface area contributed by atoms with Crippen LogP contribution in [-0.2, 0) is 17.8 Å². The maximum absolute atomic E-state index is 12.2. The van der Waals surface area contributed by atoms with Crippen LogP contribution in [0.25, 0.3) is 0 Å². The van der Waals surface area contributed by atoms with E-state index in [2.05, 4.69) is 34.5 Å². The van der Waals surface area contributed by atoms with Crippen LogP contribution in [0.3, 0.4) is 0 Å². The number of nitrogens with one attached hydrogen (secondary N) is 1. The first-order chi connectivity index (χ1) is 10.5. The average Bonchev–Trinajstić information content (AvgIpc) is 3.06. The van der Waals surface area contributed by atoms with Gasteiger partial charge in [0.15, 0.2) is 0 Å². The third-order valence-corrected chi connectivity index (χ3v) is 5.37. The number of hydrogen-bond acceptors (Lipinski definition) is 6. The van der Waals surface area contributed by atoms with E-state index in [0.29, 0.717) is 23.9 Å². The van der Waals surface area contributed by atoms with Gasteiger partial charge < -0.3 is 10.1 Å². The molecule has 0 atom stereocenters. The number of carbonyl (C=O) groups is 1. The molecule has 0 spiro atoms. The minimum atomic E-state index is -0.0725. The molecule has 2 heterocycles. The number of methoxy groups -OCH3 is 1. The Hall–Kier alpha value is -1.31. The largest absolute Gasteiger partial charge is 0.378 e. The molecule has 1 N–H and O–H groups in total. The first-order valence-electron chi connectivity index (χ1n) is 7.19. The highest BCUT2D eigenvalue weighted by atomic mass is 32.1. The summed E-state index contributed by atoms with van der Waals surface area (Å²) < 4.78 is 5.05. The van der Waals surface area contributed by atoms with Crippen molar-refractivity contribution in [3.8, 4) is 0 Å². The van der Waals surface area contributed by atoms with Crippen LogP contribution in [0.5, 0.6) is 0 Å². The lowest BCUT2D eigenvalue weighted by molar-refractivity contribution is 0.0957. The summed E-state index contributed by atoms with van der Waals surface area (Å²) in [6, 6.07) is 0. The predicted molar refractivity (Wildman–Crippen MR) is 89.8 cm³/mol. The lowest BCUT2D eigenvalue weighted by Gasteiger charge is -2.02. The molecule has 120 valence electrons. The summed E-state index contributed by atoms with van der Waals surface area (Å²) in [6.07, 6.45) is 0.748. The van der Waals surface area contributed by atoms with Crippen molar-refractivity contribution in [1.29, 1.82) is 0 Å².